The molecule has 1 saturated heterocycles. The highest BCUT2D eigenvalue weighted by atomic mass is 19.1. The summed E-state index contributed by atoms with van der Waals surface area (Å²) in [5.74, 6) is 0.255. The number of hydrogen-bond acceptors (Lipinski definition) is 6. The number of halogens is 2. The molecule has 1 aliphatic heterocycles. The number of nitrogens with zero attached hydrogens (tertiary/aromatic N) is 3. The summed E-state index contributed by atoms with van der Waals surface area (Å²) in [6.45, 7) is 1.16. The van der Waals surface area contributed by atoms with E-state index in [1.165, 1.54) is 18.3 Å². The summed E-state index contributed by atoms with van der Waals surface area (Å²) in [6.07, 6.45) is 2.58. The number of hydrogen-bond donors (Lipinski definition) is 2. The number of ether oxygens (including phenoxy) is 1. The molecule has 3 heterocycles. The van der Waals surface area contributed by atoms with Crippen LogP contribution in [0.25, 0.3) is 11.4 Å². The third kappa shape index (κ3) is 3.60. The minimum atomic E-state index is -0.469. The Kier molecular flexibility index (Phi) is 4.40. The van der Waals surface area contributed by atoms with Gasteiger partial charge in [0.2, 0.25) is 0 Å². The first-order valence-electron chi connectivity index (χ1n) is 8.03. The topological polar surface area (TPSA) is 72.0 Å². The van der Waals surface area contributed by atoms with Gasteiger partial charge in [-0.15, -0.1) is 0 Å². The molecule has 26 heavy (non-hydrogen) atoms. The lowest BCUT2D eigenvalue weighted by Gasteiger charge is -2.27. The van der Waals surface area contributed by atoms with Crippen LogP contribution in [0.1, 0.15) is 0 Å². The molecule has 2 aromatic heterocycles. The predicted molar refractivity (Wildman–Crippen MR) is 93.1 cm³/mol. The van der Waals surface area contributed by atoms with E-state index in [1.54, 1.807) is 24.3 Å². The van der Waals surface area contributed by atoms with Crippen molar-refractivity contribution in [3.63, 3.8) is 0 Å². The molecule has 132 valence electrons. The van der Waals surface area contributed by atoms with Gasteiger partial charge in [-0.1, -0.05) is 12.1 Å². The zero-order chi connectivity index (χ0) is 17.9. The minimum Gasteiger partial charge on any atom is -0.377 e. The van der Waals surface area contributed by atoms with Gasteiger partial charge in [-0.2, -0.15) is 0 Å². The van der Waals surface area contributed by atoms with E-state index in [1.807, 2.05) is 0 Å². The number of pyridine rings is 1. The van der Waals surface area contributed by atoms with Crippen LogP contribution in [0.5, 0.6) is 0 Å². The van der Waals surface area contributed by atoms with Gasteiger partial charge in [-0.25, -0.2) is 18.7 Å². The average Bonchev–Trinajstić information content (AvgIpc) is 2.58. The smallest absolute Gasteiger partial charge is 0.166 e. The van der Waals surface area contributed by atoms with E-state index >= 15 is 0 Å². The van der Waals surface area contributed by atoms with E-state index in [0.29, 0.717) is 30.5 Å². The lowest BCUT2D eigenvalue weighted by atomic mass is 10.2. The first-order valence-corrected chi connectivity index (χ1v) is 8.03. The van der Waals surface area contributed by atoms with E-state index in [0.717, 1.165) is 6.20 Å². The molecule has 1 fully saturated rings. The quantitative estimate of drug-likeness (QED) is 0.731. The Morgan fingerprint density at radius 3 is 2.54 bits per heavy atom. The van der Waals surface area contributed by atoms with Crippen LogP contribution in [0, 0.1) is 11.6 Å². The Labute approximate surface area is 148 Å². The van der Waals surface area contributed by atoms with Crippen molar-refractivity contribution in [2.45, 2.75) is 6.04 Å². The van der Waals surface area contributed by atoms with Crippen LogP contribution in [-0.2, 0) is 4.74 Å². The summed E-state index contributed by atoms with van der Waals surface area (Å²) in [4.78, 5) is 12.6. The number of anilines is 3. The van der Waals surface area contributed by atoms with Crippen molar-refractivity contribution >= 4 is 17.3 Å². The molecule has 1 aromatic carbocycles. The Hall–Kier alpha value is -3.13. The second-order valence-corrected chi connectivity index (χ2v) is 5.84. The van der Waals surface area contributed by atoms with Gasteiger partial charge in [-0.05, 0) is 12.1 Å². The van der Waals surface area contributed by atoms with Gasteiger partial charge in [0.15, 0.2) is 5.82 Å². The van der Waals surface area contributed by atoms with Crippen LogP contribution in [0.3, 0.4) is 0 Å². The van der Waals surface area contributed by atoms with Crippen molar-refractivity contribution in [2.24, 2.45) is 0 Å². The molecule has 1 aliphatic rings. The van der Waals surface area contributed by atoms with Crippen molar-refractivity contribution < 1.29 is 13.5 Å². The maximum Gasteiger partial charge on any atom is 0.166 e. The molecule has 0 unspecified atom stereocenters. The summed E-state index contributed by atoms with van der Waals surface area (Å²) < 4.78 is 32.7. The van der Waals surface area contributed by atoms with Crippen molar-refractivity contribution in [3.8, 4) is 11.4 Å². The van der Waals surface area contributed by atoms with Crippen LogP contribution < -0.4 is 10.6 Å². The molecule has 0 spiro atoms. The molecule has 0 aliphatic carbocycles. The number of nitrogens with one attached hydrogen (secondary N) is 2. The predicted octanol–water partition coefficient (Wildman–Crippen LogP) is 3.37. The average molecular weight is 355 g/mol. The van der Waals surface area contributed by atoms with Gasteiger partial charge >= 0.3 is 0 Å². The molecule has 8 heteroatoms. The molecule has 2 N–H and O–H groups in total. The molecular weight excluding hydrogens is 340 g/mol. The Balaban J connectivity index is 1.71. The second kappa shape index (κ2) is 7.01. The van der Waals surface area contributed by atoms with Crippen LogP contribution in [0.2, 0.25) is 0 Å². The fourth-order valence-corrected chi connectivity index (χ4v) is 2.50. The van der Waals surface area contributed by atoms with Crippen molar-refractivity contribution in [1.82, 2.24) is 15.0 Å². The van der Waals surface area contributed by atoms with Crippen molar-refractivity contribution in [2.75, 3.05) is 23.8 Å². The molecule has 0 atom stereocenters. The Morgan fingerprint density at radius 2 is 1.81 bits per heavy atom. The van der Waals surface area contributed by atoms with Gasteiger partial charge < -0.3 is 15.4 Å². The van der Waals surface area contributed by atoms with Gasteiger partial charge in [0, 0.05) is 12.1 Å². The normalized spacial score (nSPS) is 13.9. The molecular formula is C18H15F2N5O. The minimum absolute atomic E-state index is 0.141. The van der Waals surface area contributed by atoms with E-state index in [2.05, 4.69) is 25.6 Å². The number of rotatable bonds is 5. The van der Waals surface area contributed by atoms with Crippen molar-refractivity contribution in [1.29, 1.82) is 0 Å². The van der Waals surface area contributed by atoms with E-state index in [4.69, 9.17) is 4.74 Å². The highest BCUT2D eigenvalue weighted by Crippen LogP contribution is 2.25. The molecule has 4 rings (SSSR count). The van der Waals surface area contributed by atoms with Crippen LogP contribution in [0.4, 0.5) is 26.1 Å². The monoisotopic (exact) mass is 355 g/mol. The largest absolute Gasteiger partial charge is 0.377 e. The fourth-order valence-electron chi connectivity index (χ4n) is 2.50. The summed E-state index contributed by atoms with van der Waals surface area (Å²) in [5.41, 5.74) is 0.711. The zero-order valence-electron chi connectivity index (χ0n) is 13.6. The third-order valence-corrected chi connectivity index (χ3v) is 3.81. The standard InChI is InChI=1S/C18H15F2N5O/c19-11-5-12(8-21-7-11)22-16-6-17(23-13-9-26-10-13)25-18(24-16)14-3-1-2-4-15(14)20/h1-8,13H,9-10H2,(H2,22,23,24,25). The second-order valence-electron chi connectivity index (χ2n) is 5.84. The van der Waals surface area contributed by atoms with Gasteiger partial charge in [0.05, 0.1) is 42.9 Å². The van der Waals surface area contributed by atoms with Gasteiger partial charge in [0.25, 0.3) is 0 Å². The summed E-state index contributed by atoms with van der Waals surface area (Å²) in [7, 11) is 0. The Morgan fingerprint density at radius 1 is 1.00 bits per heavy atom. The number of benzene rings is 1. The zero-order valence-corrected chi connectivity index (χ0v) is 13.6. The lowest BCUT2D eigenvalue weighted by Crippen LogP contribution is -2.40. The van der Waals surface area contributed by atoms with E-state index in [-0.39, 0.29) is 17.4 Å². The molecule has 0 saturated carbocycles. The summed E-state index contributed by atoms with van der Waals surface area (Å²) in [6, 6.07) is 9.38. The highest BCUT2D eigenvalue weighted by molar-refractivity contribution is 5.65. The SMILES string of the molecule is Fc1cncc(Nc2cc(NC3COC3)nc(-c3ccccc3F)n2)c1. The van der Waals surface area contributed by atoms with Gasteiger partial charge in [0.1, 0.15) is 23.3 Å². The van der Waals surface area contributed by atoms with Crippen LogP contribution in [0.15, 0.2) is 48.8 Å². The summed E-state index contributed by atoms with van der Waals surface area (Å²) >= 11 is 0. The van der Waals surface area contributed by atoms with Crippen LogP contribution in [-0.4, -0.2) is 34.2 Å². The third-order valence-electron chi connectivity index (χ3n) is 3.81. The molecule has 0 radical (unpaired) electrons. The first kappa shape index (κ1) is 16.3. The molecule has 3 aromatic rings. The first-order chi connectivity index (χ1) is 12.7. The lowest BCUT2D eigenvalue weighted by molar-refractivity contribution is 0.0209. The number of aromatic nitrogens is 3. The molecule has 6 nitrogen and oxygen atoms in total. The molecule has 0 amide bonds. The summed E-state index contributed by atoms with van der Waals surface area (Å²) in [5, 5.41) is 6.19. The Bertz CT molecular complexity index is 933. The fraction of sp³-hybridized carbons (Fsp3) is 0.167. The highest BCUT2D eigenvalue weighted by Gasteiger charge is 2.20. The molecule has 0 bridgehead atoms. The van der Waals surface area contributed by atoms with Crippen LogP contribution >= 0.6 is 0 Å². The maximum absolute atomic E-state index is 14.2. The van der Waals surface area contributed by atoms with Gasteiger partial charge in [-0.3, -0.25) is 4.98 Å². The van der Waals surface area contributed by atoms with Crippen molar-refractivity contribution in [3.05, 3.63) is 60.4 Å². The van der Waals surface area contributed by atoms with E-state index in [9.17, 15) is 8.78 Å². The van der Waals surface area contributed by atoms with E-state index < -0.39 is 11.6 Å². The maximum atomic E-state index is 14.2.